The lowest BCUT2D eigenvalue weighted by atomic mass is 10.0. The number of carbonyl (C=O) groups excluding carboxylic acids is 1. The first kappa shape index (κ1) is 13.5. The largest absolute Gasteiger partial charge is 0.336 e. The van der Waals surface area contributed by atoms with Crippen LogP contribution in [0.2, 0.25) is 0 Å². The van der Waals surface area contributed by atoms with Crippen molar-refractivity contribution in [2.75, 3.05) is 6.54 Å². The first-order valence-electron chi connectivity index (χ1n) is 6.52. The van der Waals surface area contributed by atoms with Gasteiger partial charge in [0.15, 0.2) is 0 Å². The van der Waals surface area contributed by atoms with Gasteiger partial charge in [-0.05, 0) is 19.8 Å². The first-order valence-corrected chi connectivity index (χ1v) is 7.34. The van der Waals surface area contributed by atoms with Crippen LogP contribution < -0.4 is 5.32 Å². The highest BCUT2D eigenvalue weighted by molar-refractivity contribution is 7.11. The van der Waals surface area contributed by atoms with Crippen molar-refractivity contribution in [1.82, 2.24) is 15.2 Å². The molecule has 4 nitrogen and oxygen atoms in total. The van der Waals surface area contributed by atoms with Crippen molar-refractivity contribution >= 4 is 17.2 Å². The third-order valence-corrected chi connectivity index (χ3v) is 3.98. The van der Waals surface area contributed by atoms with Gasteiger partial charge in [-0.2, -0.15) is 0 Å². The van der Waals surface area contributed by atoms with Gasteiger partial charge in [-0.25, -0.2) is 4.98 Å². The number of carbonyl (C=O) groups is 1. The van der Waals surface area contributed by atoms with Gasteiger partial charge < -0.3 is 10.2 Å². The Morgan fingerprint density at radius 2 is 2.39 bits per heavy atom. The Morgan fingerprint density at radius 3 is 3.00 bits per heavy atom. The summed E-state index contributed by atoms with van der Waals surface area (Å²) in [7, 11) is 0. The molecular formula is C13H21N3OS. The number of aryl methyl sites for hydroxylation is 1. The van der Waals surface area contributed by atoms with Crippen LogP contribution in [0.4, 0.5) is 0 Å². The van der Waals surface area contributed by atoms with Gasteiger partial charge in [-0.15, -0.1) is 11.3 Å². The fraction of sp³-hybridized carbons (Fsp3) is 0.692. The number of piperidine rings is 1. The quantitative estimate of drug-likeness (QED) is 0.907. The van der Waals surface area contributed by atoms with Crippen molar-refractivity contribution in [2.24, 2.45) is 0 Å². The molecule has 0 aliphatic carbocycles. The molecule has 100 valence electrons. The van der Waals surface area contributed by atoms with Gasteiger partial charge in [-0.1, -0.05) is 13.8 Å². The van der Waals surface area contributed by atoms with Crippen molar-refractivity contribution in [3.8, 4) is 0 Å². The zero-order chi connectivity index (χ0) is 13.1. The van der Waals surface area contributed by atoms with Crippen molar-refractivity contribution in [2.45, 2.75) is 52.2 Å². The molecule has 1 aromatic rings. The van der Waals surface area contributed by atoms with Gasteiger partial charge in [0, 0.05) is 23.7 Å². The topological polar surface area (TPSA) is 45.2 Å². The Morgan fingerprint density at radius 1 is 1.61 bits per heavy atom. The Kier molecular flexibility index (Phi) is 4.35. The van der Waals surface area contributed by atoms with Crippen molar-refractivity contribution in [1.29, 1.82) is 0 Å². The second kappa shape index (κ2) is 5.80. The van der Waals surface area contributed by atoms with E-state index in [1.807, 2.05) is 18.0 Å². The van der Waals surface area contributed by atoms with Crippen LogP contribution in [0.3, 0.4) is 0 Å². The Bertz CT molecular complexity index is 416. The van der Waals surface area contributed by atoms with Gasteiger partial charge in [0.25, 0.3) is 0 Å². The predicted octanol–water partition coefficient (Wildman–Crippen LogP) is 1.94. The first-order chi connectivity index (χ1) is 8.56. The van der Waals surface area contributed by atoms with E-state index in [0.29, 0.717) is 12.6 Å². The molecule has 0 aromatic carbocycles. The van der Waals surface area contributed by atoms with E-state index in [-0.39, 0.29) is 11.9 Å². The van der Waals surface area contributed by atoms with Crippen molar-refractivity contribution < 1.29 is 4.79 Å². The molecular weight excluding hydrogens is 246 g/mol. The second-order valence-corrected chi connectivity index (χ2v) is 6.44. The summed E-state index contributed by atoms with van der Waals surface area (Å²) in [5.41, 5.74) is 0. The molecule has 1 saturated heterocycles. The summed E-state index contributed by atoms with van der Waals surface area (Å²) < 4.78 is 0. The SMILES string of the molecule is Cc1ncc(CN2CCCC(NC(C)C)C2=O)s1. The van der Waals surface area contributed by atoms with Crippen molar-refractivity contribution in [3.05, 3.63) is 16.1 Å². The summed E-state index contributed by atoms with van der Waals surface area (Å²) in [5, 5.41) is 4.41. The minimum absolute atomic E-state index is 0.00670. The average molecular weight is 267 g/mol. The van der Waals surface area contributed by atoms with E-state index < -0.39 is 0 Å². The molecule has 1 unspecified atom stereocenters. The van der Waals surface area contributed by atoms with Gasteiger partial charge in [0.05, 0.1) is 17.6 Å². The monoisotopic (exact) mass is 267 g/mol. The minimum atomic E-state index is -0.00670. The van der Waals surface area contributed by atoms with E-state index >= 15 is 0 Å². The van der Waals surface area contributed by atoms with E-state index in [9.17, 15) is 4.79 Å². The number of hydrogen-bond donors (Lipinski definition) is 1. The van der Waals surface area contributed by atoms with Crippen molar-refractivity contribution in [3.63, 3.8) is 0 Å². The highest BCUT2D eigenvalue weighted by atomic mass is 32.1. The molecule has 1 atom stereocenters. The molecule has 2 heterocycles. The van der Waals surface area contributed by atoms with E-state index in [0.717, 1.165) is 24.4 Å². The van der Waals surface area contributed by atoms with Gasteiger partial charge >= 0.3 is 0 Å². The lowest BCUT2D eigenvalue weighted by Crippen LogP contribution is -2.51. The Hall–Kier alpha value is -0.940. The lowest BCUT2D eigenvalue weighted by Gasteiger charge is -2.33. The summed E-state index contributed by atoms with van der Waals surface area (Å²) in [5.74, 6) is 0.237. The molecule has 0 bridgehead atoms. The highest BCUT2D eigenvalue weighted by Gasteiger charge is 2.28. The standard InChI is InChI=1S/C13H21N3OS/c1-9(2)15-12-5-4-6-16(13(12)17)8-11-7-14-10(3)18-11/h7,9,12,15H,4-6,8H2,1-3H3. The number of rotatable bonds is 4. The fourth-order valence-corrected chi connectivity index (χ4v) is 3.13. The minimum Gasteiger partial charge on any atom is -0.336 e. The van der Waals surface area contributed by atoms with Gasteiger partial charge in [0.1, 0.15) is 0 Å². The molecule has 1 fully saturated rings. The van der Waals surface area contributed by atoms with E-state index in [1.54, 1.807) is 11.3 Å². The van der Waals surface area contributed by atoms with Crippen LogP contribution in [0.25, 0.3) is 0 Å². The van der Waals surface area contributed by atoms with Crippen LogP contribution in [-0.2, 0) is 11.3 Å². The van der Waals surface area contributed by atoms with Crippen LogP contribution in [-0.4, -0.2) is 34.4 Å². The van der Waals surface area contributed by atoms with Crippen LogP contribution in [0.15, 0.2) is 6.20 Å². The molecule has 1 N–H and O–H groups in total. The normalized spacial score (nSPS) is 20.8. The maximum absolute atomic E-state index is 12.3. The molecule has 18 heavy (non-hydrogen) atoms. The summed E-state index contributed by atoms with van der Waals surface area (Å²) >= 11 is 1.67. The molecule has 0 spiro atoms. The lowest BCUT2D eigenvalue weighted by molar-refractivity contribution is -0.136. The highest BCUT2D eigenvalue weighted by Crippen LogP contribution is 2.19. The Balaban J connectivity index is 1.98. The number of aromatic nitrogens is 1. The number of amides is 1. The van der Waals surface area contributed by atoms with Gasteiger partial charge in [-0.3, -0.25) is 4.79 Å². The Labute approximate surface area is 112 Å². The summed E-state index contributed by atoms with van der Waals surface area (Å²) in [6.45, 7) is 7.74. The van der Waals surface area contributed by atoms with E-state index in [2.05, 4.69) is 24.1 Å². The maximum atomic E-state index is 12.3. The molecule has 2 rings (SSSR count). The van der Waals surface area contributed by atoms with E-state index in [4.69, 9.17) is 0 Å². The maximum Gasteiger partial charge on any atom is 0.240 e. The number of hydrogen-bond acceptors (Lipinski definition) is 4. The third kappa shape index (κ3) is 3.29. The van der Waals surface area contributed by atoms with Crippen LogP contribution >= 0.6 is 11.3 Å². The van der Waals surface area contributed by atoms with E-state index in [1.165, 1.54) is 4.88 Å². The zero-order valence-electron chi connectivity index (χ0n) is 11.3. The summed E-state index contributed by atoms with van der Waals surface area (Å²) in [6.07, 6.45) is 3.91. The molecule has 1 aliphatic heterocycles. The second-order valence-electron chi connectivity index (χ2n) is 5.12. The molecule has 1 aliphatic rings. The zero-order valence-corrected chi connectivity index (χ0v) is 12.1. The number of thiazole rings is 1. The van der Waals surface area contributed by atoms with Crippen LogP contribution in [0, 0.1) is 6.92 Å². The molecule has 1 aromatic heterocycles. The molecule has 5 heteroatoms. The number of likely N-dealkylation sites (tertiary alicyclic amines) is 1. The molecule has 0 radical (unpaired) electrons. The summed E-state index contributed by atoms with van der Waals surface area (Å²) in [4.78, 5) is 19.7. The summed E-state index contributed by atoms with van der Waals surface area (Å²) in [6, 6.07) is 0.345. The molecule has 0 saturated carbocycles. The van der Waals surface area contributed by atoms with Gasteiger partial charge in [0.2, 0.25) is 5.91 Å². The van der Waals surface area contributed by atoms with Crippen LogP contribution in [0.1, 0.15) is 36.6 Å². The predicted molar refractivity (Wildman–Crippen MR) is 73.6 cm³/mol. The smallest absolute Gasteiger partial charge is 0.240 e. The van der Waals surface area contributed by atoms with Crippen LogP contribution in [0.5, 0.6) is 0 Å². The average Bonchev–Trinajstić information content (AvgIpc) is 2.69. The number of nitrogens with zero attached hydrogens (tertiary/aromatic N) is 2. The molecule has 1 amide bonds. The fourth-order valence-electron chi connectivity index (χ4n) is 2.32. The third-order valence-electron chi connectivity index (χ3n) is 3.08. The number of nitrogens with one attached hydrogen (secondary N) is 1.